The molecule has 0 spiro atoms. The van der Waals surface area contributed by atoms with Crippen LogP contribution in [0.25, 0.3) is 0 Å². The van der Waals surface area contributed by atoms with E-state index in [2.05, 4.69) is 15.9 Å². The summed E-state index contributed by atoms with van der Waals surface area (Å²) in [5.74, 6) is 0.726. The predicted molar refractivity (Wildman–Crippen MR) is 76.1 cm³/mol. The van der Waals surface area contributed by atoms with Gasteiger partial charge in [0, 0.05) is 21.3 Å². The number of hydrogen-bond acceptors (Lipinski definition) is 2. The van der Waals surface area contributed by atoms with Gasteiger partial charge in [-0.3, -0.25) is 0 Å². The van der Waals surface area contributed by atoms with Crippen LogP contribution in [0.3, 0.4) is 0 Å². The van der Waals surface area contributed by atoms with Crippen LogP contribution in [0.5, 0.6) is 0 Å². The standard InChI is InChI=1S/C12H14BrClFNS/c13-8-5-4-7(11(15)10(8)14)12(16)9-3-1-2-6-17-9/h4-5,9,12H,1-3,6,16H2. The Morgan fingerprint density at radius 2 is 2.24 bits per heavy atom. The van der Waals surface area contributed by atoms with Crippen molar-refractivity contribution in [2.45, 2.75) is 30.6 Å². The van der Waals surface area contributed by atoms with Crippen LogP contribution >= 0.6 is 39.3 Å². The molecule has 0 amide bonds. The van der Waals surface area contributed by atoms with E-state index in [1.807, 2.05) is 11.8 Å². The molecule has 2 N–H and O–H groups in total. The molecule has 0 radical (unpaired) electrons. The molecule has 2 rings (SSSR count). The zero-order chi connectivity index (χ0) is 12.4. The van der Waals surface area contributed by atoms with Gasteiger partial charge in [-0.2, -0.15) is 11.8 Å². The van der Waals surface area contributed by atoms with Gasteiger partial charge in [-0.1, -0.05) is 24.1 Å². The van der Waals surface area contributed by atoms with E-state index in [1.54, 1.807) is 12.1 Å². The number of halogens is 3. The van der Waals surface area contributed by atoms with Gasteiger partial charge in [0.05, 0.1) is 5.02 Å². The predicted octanol–water partition coefficient (Wildman–Crippen LogP) is 4.53. The van der Waals surface area contributed by atoms with Crippen LogP contribution in [0, 0.1) is 5.82 Å². The highest BCUT2D eigenvalue weighted by molar-refractivity contribution is 9.10. The maximum absolute atomic E-state index is 14.0. The first-order valence-electron chi connectivity index (χ1n) is 5.62. The monoisotopic (exact) mass is 337 g/mol. The van der Waals surface area contributed by atoms with Crippen LogP contribution < -0.4 is 5.73 Å². The SMILES string of the molecule is NC(c1ccc(Br)c(Cl)c1F)C1CCCCS1. The number of hydrogen-bond donors (Lipinski definition) is 1. The molecule has 17 heavy (non-hydrogen) atoms. The normalized spacial score (nSPS) is 22.5. The van der Waals surface area contributed by atoms with Crippen molar-refractivity contribution in [1.82, 2.24) is 0 Å². The van der Waals surface area contributed by atoms with Crippen molar-refractivity contribution in [2.75, 3.05) is 5.75 Å². The van der Waals surface area contributed by atoms with Gasteiger partial charge < -0.3 is 5.73 Å². The van der Waals surface area contributed by atoms with Crippen molar-refractivity contribution in [1.29, 1.82) is 0 Å². The maximum Gasteiger partial charge on any atom is 0.147 e. The topological polar surface area (TPSA) is 26.0 Å². The van der Waals surface area contributed by atoms with Gasteiger partial charge in [-0.15, -0.1) is 0 Å². The van der Waals surface area contributed by atoms with Crippen molar-refractivity contribution < 1.29 is 4.39 Å². The van der Waals surface area contributed by atoms with E-state index in [-0.39, 0.29) is 16.9 Å². The lowest BCUT2D eigenvalue weighted by atomic mass is 10.00. The number of nitrogens with two attached hydrogens (primary N) is 1. The summed E-state index contributed by atoms with van der Waals surface area (Å²) in [6.45, 7) is 0. The summed E-state index contributed by atoms with van der Waals surface area (Å²) in [5.41, 5.74) is 6.68. The lowest BCUT2D eigenvalue weighted by Gasteiger charge is -2.27. The second kappa shape index (κ2) is 5.91. The van der Waals surface area contributed by atoms with Crippen molar-refractivity contribution in [2.24, 2.45) is 5.73 Å². The maximum atomic E-state index is 14.0. The average molecular weight is 339 g/mol. The van der Waals surface area contributed by atoms with Gasteiger partial charge in [0.2, 0.25) is 0 Å². The zero-order valence-corrected chi connectivity index (χ0v) is 12.4. The average Bonchev–Trinajstić information content (AvgIpc) is 2.36. The molecule has 0 aromatic heterocycles. The Morgan fingerprint density at radius 3 is 2.88 bits per heavy atom. The van der Waals surface area contributed by atoms with Gasteiger partial charge in [0.15, 0.2) is 0 Å². The molecule has 0 bridgehead atoms. The van der Waals surface area contributed by atoms with Crippen LogP contribution in [0.4, 0.5) is 4.39 Å². The lowest BCUT2D eigenvalue weighted by molar-refractivity contribution is 0.541. The van der Waals surface area contributed by atoms with Crippen LogP contribution in [0.15, 0.2) is 16.6 Å². The first-order valence-corrected chi connectivity index (χ1v) is 7.84. The second-order valence-electron chi connectivity index (χ2n) is 4.20. The Hall–Kier alpha value is 0.230. The Kier molecular flexibility index (Phi) is 4.75. The number of thioether (sulfide) groups is 1. The molecule has 1 heterocycles. The molecule has 2 unspecified atom stereocenters. The van der Waals surface area contributed by atoms with Crippen LogP contribution in [0.2, 0.25) is 5.02 Å². The summed E-state index contributed by atoms with van der Waals surface area (Å²) in [5, 5.41) is 0.425. The largest absolute Gasteiger partial charge is 0.323 e. The zero-order valence-electron chi connectivity index (χ0n) is 9.26. The minimum Gasteiger partial charge on any atom is -0.323 e. The number of benzene rings is 1. The first kappa shape index (κ1) is 13.7. The van der Waals surface area contributed by atoms with Gasteiger partial charge in [-0.05, 0) is 40.6 Å². The molecule has 1 aliphatic rings. The highest BCUT2D eigenvalue weighted by atomic mass is 79.9. The molecule has 1 aromatic carbocycles. The molecule has 94 valence electrons. The Morgan fingerprint density at radius 1 is 1.47 bits per heavy atom. The minimum atomic E-state index is -0.389. The molecule has 0 saturated carbocycles. The number of rotatable bonds is 2. The van der Waals surface area contributed by atoms with Gasteiger partial charge in [0.25, 0.3) is 0 Å². The molecule has 1 fully saturated rings. The molecule has 0 aliphatic carbocycles. The smallest absolute Gasteiger partial charge is 0.147 e. The third kappa shape index (κ3) is 2.98. The van der Waals surface area contributed by atoms with Gasteiger partial charge in [-0.25, -0.2) is 4.39 Å². The first-order chi connectivity index (χ1) is 8.11. The molecule has 1 saturated heterocycles. The van der Waals surface area contributed by atoms with Crippen molar-refractivity contribution in [3.05, 3.63) is 33.0 Å². The van der Waals surface area contributed by atoms with E-state index in [0.29, 0.717) is 15.3 Å². The summed E-state index contributed by atoms with van der Waals surface area (Å²) < 4.78 is 14.6. The van der Waals surface area contributed by atoms with Crippen LogP contribution in [0.1, 0.15) is 30.9 Å². The third-order valence-electron chi connectivity index (χ3n) is 3.04. The highest BCUT2D eigenvalue weighted by Gasteiger charge is 2.25. The third-order valence-corrected chi connectivity index (χ3v) is 5.78. The van der Waals surface area contributed by atoms with E-state index < -0.39 is 0 Å². The van der Waals surface area contributed by atoms with Crippen molar-refractivity contribution in [3.8, 4) is 0 Å². The van der Waals surface area contributed by atoms with E-state index in [9.17, 15) is 4.39 Å². The Balaban J connectivity index is 2.24. The fourth-order valence-electron chi connectivity index (χ4n) is 2.05. The van der Waals surface area contributed by atoms with E-state index in [4.69, 9.17) is 17.3 Å². The molecule has 2 atom stereocenters. The fraction of sp³-hybridized carbons (Fsp3) is 0.500. The second-order valence-corrected chi connectivity index (χ2v) is 6.77. The highest BCUT2D eigenvalue weighted by Crippen LogP contribution is 2.37. The summed E-state index contributed by atoms with van der Waals surface area (Å²) in [6, 6.07) is 3.21. The quantitative estimate of drug-likeness (QED) is 0.802. The van der Waals surface area contributed by atoms with Crippen molar-refractivity contribution >= 4 is 39.3 Å². The molecule has 1 aliphatic heterocycles. The summed E-state index contributed by atoms with van der Waals surface area (Å²) >= 11 is 10.9. The molecular formula is C12H14BrClFNS. The molecule has 1 aromatic rings. The van der Waals surface area contributed by atoms with Gasteiger partial charge in [0.1, 0.15) is 5.82 Å². The van der Waals surface area contributed by atoms with E-state index >= 15 is 0 Å². The molecule has 5 heteroatoms. The lowest BCUT2D eigenvalue weighted by Crippen LogP contribution is -2.27. The Bertz CT molecular complexity index is 410. The minimum absolute atomic E-state index is 0.124. The summed E-state index contributed by atoms with van der Waals surface area (Å²) in [7, 11) is 0. The summed E-state index contributed by atoms with van der Waals surface area (Å²) in [4.78, 5) is 0. The van der Waals surface area contributed by atoms with Crippen LogP contribution in [-0.2, 0) is 0 Å². The van der Waals surface area contributed by atoms with E-state index in [1.165, 1.54) is 12.8 Å². The van der Waals surface area contributed by atoms with Crippen LogP contribution in [-0.4, -0.2) is 11.0 Å². The van der Waals surface area contributed by atoms with E-state index in [0.717, 1.165) is 12.2 Å². The molecular weight excluding hydrogens is 325 g/mol. The summed E-state index contributed by atoms with van der Waals surface area (Å²) in [6.07, 6.45) is 3.47. The van der Waals surface area contributed by atoms with Gasteiger partial charge >= 0.3 is 0 Å². The Labute approximate surface area is 118 Å². The molecule has 1 nitrogen and oxygen atoms in total. The fourth-order valence-corrected chi connectivity index (χ4v) is 3.89. The van der Waals surface area contributed by atoms with Crippen molar-refractivity contribution in [3.63, 3.8) is 0 Å².